The van der Waals surface area contributed by atoms with Crippen molar-refractivity contribution in [2.45, 2.75) is 43.2 Å². The van der Waals surface area contributed by atoms with Crippen LogP contribution < -0.4 is 10.9 Å². The summed E-state index contributed by atoms with van der Waals surface area (Å²) >= 11 is 1.27. The van der Waals surface area contributed by atoms with Crippen molar-refractivity contribution in [3.05, 3.63) is 58.0 Å². The van der Waals surface area contributed by atoms with Gasteiger partial charge in [0.15, 0.2) is 5.16 Å². The molecule has 3 rings (SSSR count). The van der Waals surface area contributed by atoms with Crippen LogP contribution in [-0.2, 0) is 16.6 Å². The van der Waals surface area contributed by atoms with Crippen molar-refractivity contribution in [3.63, 3.8) is 0 Å². The molecular weight excluding hydrogens is 334 g/mol. The molecule has 0 unspecified atom stereocenters. The molecule has 1 amide bonds. The summed E-state index contributed by atoms with van der Waals surface area (Å²) in [6.07, 6.45) is 3.92. The van der Waals surface area contributed by atoms with E-state index in [2.05, 4.69) is 27.4 Å². The number of carbonyl (C=O) groups is 1. The molecule has 2 aromatic rings. The van der Waals surface area contributed by atoms with Gasteiger partial charge in [0.05, 0.1) is 5.75 Å². The Morgan fingerprint density at radius 1 is 1.32 bits per heavy atom. The van der Waals surface area contributed by atoms with E-state index in [1.54, 1.807) is 0 Å². The van der Waals surface area contributed by atoms with Crippen LogP contribution in [0.3, 0.4) is 0 Å². The van der Waals surface area contributed by atoms with Crippen molar-refractivity contribution in [3.8, 4) is 0 Å². The molecule has 1 heterocycles. The minimum Gasteiger partial charge on any atom is -0.354 e. The standard InChI is InChI=1S/C19H23N3O2S/c1-2-6-15-11-16(23)22-18(21-15)25-12-17(24)20-13-19(9-10-19)14-7-4-3-5-8-14/h3-5,7-8,11H,2,6,9-10,12-13H2,1H3,(H,20,24)(H,21,22,23). The lowest BCUT2D eigenvalue weighted by Crippen LogP contribution is -2.33. The molecule has 132 valence electrons. The van der Waals surface area contributed by atoms with E-state index in [4.69, 9.17) is 0 Å². The van der Waals surface area contributed by atoms with Gasteiger partial charge in [0, 0.05) is 23.7 Å². The van der Waals surface area contributed by atoms with Gasteiger partial charge < -0.3 is 10.3 Å². The Morgan fingerprint density at radius 3 is 2.76 bits per heavy atom. The number of benzene rings is 1. The first-order valence-corrected chi connectivity index (χ1v) is 9.65. The van der Waals surface area contributed by atoms with E-state index in [0.29, 0.717) is 11.7 Å². The Labute approximate surface area is 151 Å². The fourth-order valence-corrected chi connectivity index (χ4v) is 3.62. The molecule has 1 aliphatic carbocycles. The summed E-state index contributed by atoms with van der Waals surface area (Å²) < 4.78 is 0. The first-order chi connectivity index (χ1) is 12.1. The third kappa shape index (κ3) is 4.72. The van der Waals surface area contributed by atoms with E-state index in [1.807, 2.05) is 25.1 Å². The number of aromatic nitrogens is 2. The third-order valence-electron chi connectivity index (χ3n) is 4.48. The molecule has 6 heteroatoms. The van der Waals surface area contributed by atoms with Gasteiger partial charge in [0.2, 0.25) is 5.91 Å². The minimum absolute atomic E-state index is 0.0317. The summed E-state index contributed by atoms with van der Waals surface area (Å²) in [5.74, 6) is 0.222. The average Bonchev–Trinajstić information content (AvgIpc) is 3.40. The number of hydrogen-bond donors (Lipinski definition) is 2. The molecule has 5 nitrogen and oxygen atoms in total. The number of thioether (sulfide) groups is 1. The molecule has 2 N–H and O–H groups in total. The second-order valence-electron chi connectivity index (χ2n) is 6.50. The van der Waals surface area contributed by atoms with E-state index in [-0.39, 0.29) is 22.6 Å². The van der Waals surface area contributed by atoms with Crippen molar-refractivity contribution in [1.82, 2.24) is 15.3 Å². The number of carbonyl (C=O) groups excluding carboxylic acids is 1. The molecule has 0 atom stereocenters. The lowest BCUT2D eigenvalue weighted by molar-refractivity contribution is -0.118. The molecule has 0 bridgehead atoms. The monoisotopic (exact) mass is 357 g/mol. The highest BCUT2D eigenvalue weighted by atomic mass is 32.2. The molecule has 1 aromatic heterocycles. The van der Waals surface area contributed by atoms with E-state index in [1.165, 1.54) is 23.4 Å². The maximum atomic E-state index is 12.2. The molecule has 1 aromatic carbocycles. The van der Waals surface area contributed by atoms with Crippen LogP contribution in [-0.4, -0.2) is 28.2 Å². The Kier molecular flexibility index (Phi) is 5.58. The third-order valence-corrected chi connectivity index (χ3v) is 5.36. The number of hydrogen-bond acceptors (Lipinski definition) is 4. The van der Waals surface area contributed by atoms with E-state index < -0.39 is 0 Å². The zero-order chi connectivity index (χ0) is 17.7. The van der Waals surface area contributed by atoms with Crippen molar-refractivity contribution in [2.75, 3.05) is 12.3 Å². The van der Waals surface area contributed by atoms with Crippen LogP contribution in [0, 0.1) is 0 Å². The molecule has 1 fully saturated rings. The molecule has 0 aliphatic heterocycles. The van der Waals surface area contributed by atoms with Gasteiger partial charge in [-0.1, -0.05) is 55.4 Å². The van der Waals surface area contributed by atoms with Crippen LogP contribution in [0.4, 0.5) is 0 Å². The van der Waals surface area contributed by atoms with Crippen LogP contribution in [0.15, 0.2) is 46.3 Å². The smallest absolute Gasteiger partial charge is 0.251 e. The van der Waals surface area contributed by atoms with Crippen LogP contribution in [0.2, 0.25) is 0 Å². The quantitative estimate of drug-likeness (QED) is 0.563. The Bertz CT molecular complexity index is 785. The Morgan fingerprint density at radius 2 is 2.08 bits per heavy atom. The lowest BCUT2D eigenvalue weighted by atomic mass is 9.96. The fourth-order valence-electron chi connectivity index (χ4n) is 2.90. The SMILES string of the molecule is CCCc1cc(=O)[nH]c(SCC(=O)NCC2(c3ccccc3)CC2)n1. The van der Waals surface area contributed by atoms with Gasteiger partial charge in [0.25, 0.3) is 5.56 Å². The van der Waals surface area contributed by atoms with Crippen LogP contribution in [0.25, 0.3) is 0 Å². The predicted octanol–water partition coefficient (Wildman–Crippen LogP) is 2.66. The Hall–Kier alpha value is -2.08. The number of nitrogens with one attached hydrogen (secondary N) is 2. The van der Waals surface area contributed by atoms with Gasteiger partial charge >= 0.3 is 0 Å². The second kappa shape index (κ2) is 7.87. The molecule has 0 saturated heterocycles. The number of rotatable bonds is 8. The molecule has 0 spiro atoms. The van der Waals surface area contributed by atoms with Crippen molar-refractivity contribution in [1.29, 1.82) is 0 Å². The van der Waals surface area contributed by atoms with Crippen molar-refractivity contribution in [2.24, 2.45) is 0 Å². The minimum atomic E-state index is -0.164. The summed E-state index contributed by atoms with van der Waals surface area (Å²) in [5, 5.41) is 3.54. The van der Waals surface area contributed by atoms with Gasteiger partial charge in [-0.25, -0.2) is 4.98 Å². The molecule has 1 saturated carbocycles. The fraction of sp³-hybridized carbons (Fsp3) is 0.421. The average molecular weight is 357 g/mol. The van der Waals surface area contributed by atoms with Gasteiger partial charge in [-0.05, 0) is 24.8 Å². The first kappa shape index (κ1) is 17.7. The van der Waals surface area contributed by atoms with E-state index in [9.17, 15) is 9.59 Å². The zero-order valence-electron chi connectivity index (χ0n) is 14.4. The number of nitrogens with zero attached hydrogens (tertiary/aromatic N) is 1. The van der Waals surface area contributed by atoms with E-state index >= 15 is 0 Å². The van der Waals surface area contributed by atoms with Crippen molar-refractivity contribution >= 4 is 17.7 Å². The molecular formula is C19H23N3O2S. The predicted molar refractivity (Wildman–Crippen MR) is 99.9 cm³/mol. The zero-order valence-corrected chi connectivity index (χ0v) is 15.2. The van der Waals surface area contributed by atoms with Crippen LogP contribution >= 0.6 is 11.8 Å². The number of H-pyrrole nitrogens is 1. The van der Waals surface area contributed by atoms with Crippen molar-refractivity contribution < 1.29 is 4.79 Å². The maximum Gasteiger partial charge on any atom is 0.251 e. The summed E-state index contributed by atoms with van der Waals surface area (Å²) in [6.45, 7) is 2.71. The summed E-state index contributed by atoms with van der Waals surface area (Å²) in [4.78, 5) is 30.9. The van der Waals surface area contributed by atoms with Gasteiger partial charge in [0.1, 0.15) is 0 Å². The van der Waals surface area contributed by atoms with Gasteiger partial charge in [-0.3, -0.25) is 9.59 Å². The Balaban J connectivity index is 1.51. The lowest BCUT2D eigenvalue weighted by Gasteiger charge is -2.16. The summed E-state index contributed by atoms with van der Waals surface area (Å²) in [6, 6.07) is 11.9. The topological polar surface area (TPSA) is 74.8 Å². The van der Waals surface area contributed by atoms with E-state index in [0.717, 1.165) is 31.4 Å². The first-order valence-electron chi connectivity index (χ1n) is 8.66. The second-order valence-corrected chi connectivity index (χ2v) is 7.47. The number of aromatic amines is 1. The molecule has 1 aliphatic rings. The number of amides is 1. The summed E-state index contributed by atoms with van der Waals surface area (Å²) in [5.41, 5.74) is 2.01. The highest BCUT2D eigenvalue weighted by molar-refractivity contribution is 7.99. The molecule has 25 heavy (non-hydrogen) atoms. The van der Waals surface area contributed by atoms with Gasteiger partial charge in [-0.2, -0.15) is 0 Å². The summed E-state index contributed by atoms with van der Waals surface area (Å²) in [7, 11) is 0. The normalized spacial score (nSPS) is 14.9. The molecule has 0 radical (unpaired) electrons. The van der Waals surface area contributed by atoms with Gasteiger partial charge in [-0.15, -0.1) is 0 Å². The number of aryl methyl sites for hydroxylation is 1. The van der Waals surface area contributed by atoms with Crippen LogP contribution in [0.5, 0.6) is 0 Å². The largest absolute Gasteiger partial charge is 0.354 e. The highest BCUT2D eigenvalue weighted by Gasteiger charge is 2.44. The maximum absolute atomic E-state index is 12.2. The highest BCUT2D eigenvalue weighted by Crippen LogP contribution is 2.47. The van der Waals surface area contributed by atoms with Crippen LogP contribution in [0.1, 0.15) is 37.4 Å².